The van der Waals surface area contributed by atoms with Crippen LogP contribution in [0.2, 0.25) is 0 Å². The summed E-state index contributed by atoms with van der Waals surface area (Å²) in [6.45, 7) is 2.65. The van der Waals surface area contributed by atoms with Crippen molar-refractivity contribution < 1.29 is 19.4 Å². The third kappa shape index (κ3) is 5.97. The molecule has 1 fully saturated rings. The van der Waals surface area contributed by atoms with E-state index in [1.807, 2.05) is 47.7 Å². The molecule has 0 bridgehead atoms. The van der Waals surface area contributed by atoms with E-state index < -0.39 is 0 Å². The number of thiophene rings is 1. The molecule has 186 valence electrons. The van der Waals surface area contributed by atoms with Crippen LogP contribution < -0.4 is 9.47 Å². The summed E-state index contributed by atoms with van der Waals surface area (Å²) in [5, 5.41) is 12.2. The fourth-order valence-corrected chi connectivity index (χ4v) is 5.70. The first-order chi connectivity index (χ1) is 17.0. The quantitative estimate of drug-likeness (QED) is 0.450. The monoisotopic (exact) mass is 494 g/mol. The number of methoxy groups -OCH3 is 2. The number of carbonyl (C=O) groups excluding carboxylic acids is 1. The Bertz CT molecular complexity index is 1070. The summed E-state index contributed by atoms with van der Waals surface area (Å²) in [5.41, 5.74) is 2.30. The summed E-state index contributed by atoms with van der Waals surface area (Å²) in [6, 6.07) is 18.2. The van der Waals surface area contributed by atoms with E-state index in [9.17, 15) is 9.90 Å². The average molecular weight is 495 g/mol. The van der Waals surface area contributed by atoms with Crippen LogP contribution in [0.25, 0.3) is 0 Å². The Morgan fingerprint density at radius 1 is 1.06 bits per heavy atom. The van der Waals surface area contributed by atoms with Crippen LogP contribution in [0.1, 0.15) is 33.6 Å². The molecule has 0 radical (unpaired) electrons. The predicted molar refractivity (Wildman–Crippen MR) is 140 cm³/mol. The fraction of sp³-hybridized carbons (Fsp3) is 0.393. The van der Waals surface area contributed by atoms with Crippen LogP contribution in [0.4, 0.5) is 0 Å². The van der Waals surface area contributed by atoms with Gasteiger partial charge in [0, 0.05) is 19.6 Å². The molecule has 1 aliphatic heterocycles. The molecule has 1 atom stereocenters. The molecule has 1 aromatic heterocycles. The number of hydrogen-bond acceptors (Lipinski definition) is 6. The molecule has 1 N–H and O–H groups in total. The number of nitrogens with zero attached hydrogens (tertiary/aromatic N) is 2. The van der Waals surface area contributed by atoms with Gasteiger partial charge in [-0.25, -0.2) is 0 Å². The zero-order valence-corrected chi connectivity index (χ0v) is 21.5. The largest absolute Gasteiger partial charge is 0.502 e. The Morgan fingerprint density at radius 3 is 2.29 bits per heavy atom. The summed E-state index contributed by atoms with van der Waals surface area (Å²) in [5.74, 6) is 1.40. The zero-order valence-electron chi connectivity index (χ0n) is 20.6. The highest BCUT2D eigenvalue weighted by Crippen LogP contribution is 2.38. The number of piperidine rings is 1. The van der Waals surface area contributed by atoms with Gasteiger partial charge in [0.25, 0.3) is 5.91 Å². The second-order valence-corrected chi connectivity index (χ2v) is 10.1. The van der Waals surface area contributed by atoms with Crippen LogP contribution in [-0.2, 0) is 13.0 Å². The third-order valence-corrected chi connectivity index (χ3v) is 7.82. The van der Waals surface area contributed by atoms with Gasteiger partial charge in [-0.05, 0) is 73.0 Å². The number of aromatic hydroxyl groups is 1. The van der Waals surface area contributed by atoms with Gasteiger partial charge < -0.3 is 19.5 Å². The molecule has 0 saturated carbocycles. The molecular formula is C28H34N2O4S. The first-order valence-electron chi connectivity index (χ1n) is 12.0. The molecule has 3 aromatic rings. The Labute approximate surface area is 211 Å². The molecule has 6 nitrogen and oxygen atoms in total. The lowest BCUT2D eigenvalue weighted by molar-refractivity contribution is 0.0589. The first-order valence-corrected chi connectivity index (χ1v) is 12.9. The van der Waals surface area contributed by atoms with Crippen LogP contribution >= 0.6 is 11.3 Å². The topological polar surface area (TPSA) is 62.2 Å². The van der Waals surface area contributed by atoms with Crippen molar-refractivity contribution in [2.24, 2.45) is 5.92 Å². The van der Waals surface area contributed by atoms with Crippen molar-refractivity contribution in [3.05, 3.63) is 76.0 Å². The van der Waals surface area contributed by atoms with E-state index in [2.05, 4.69) is 29.2 Å². The number of amides is 1. The maximum absolute atomic E-state index is 13.2. The fourth-order valence-electron chi connectivity index (χ4n) is 4.99. The van der Waals surface area contributed by atoms with Crippen LogP contribution in [0.3, 0.4) is 0 Å². The predicted octanol–water partition coefficient (Wildman–Crippen LogP) is 5.07. The number of phenolic OH excluding ortho intramolecular Hbond substituents is 1. The van der Waals surface area contributed by atoms with Gasteiger partial charge in [0.05, 0.1) is 19.1 Å². The Balaban J connectivity index is 1.45. The number of benzene rings is 2. The second-order valence-electron chi connectivity index (χ2n) is 9.11. The molecule has 0 spiro atoms. The van der Waals surface area contributed by atoms with E-state index in [0.717, 1.165) is 49.3 Å². The van der Waals surface area contributed by atoms with E-state index in [1.54, 1.807) is 14.2 Å². The smallest absolute Gasteiger partial charge is 0.263 e. The van der Waals surface area contributed by atoms with Crippen molar-refractivity contribution in [1.29, 1.82) is 0 Å². The molecule has 1 amide bonds. The van der Waals surface area contributed by atoms with Gasteiger partial charge in [-0.15, -0.1) is 11.3 Å². The minimum absolute atomic E-state index is 0.0275. The molecule has 1 saturated heterocycles. The minimum Gasteiger partial charge on any atom is -0.502 e. The number of phenols is 1. The molecule has 0 aliphatic carbocycles. The van der Waals surface area contributed by atoms with Crippen molar-refractivity contribution in [3.8, 4) is 17.2 Å². The van der Waals surface area contributed by atoms with Crippen molar-refractivity contribution >= 4 is 17.2 Å². The van der Waals surface area contributed by atoms with E-state index in [4.69, 9.17) is 9.47 Å². The lowest BCUT2D eigenvalue weighted by Crippen LogP contribution is -2.47. The summed E-state index contributed by atoms with van der Waals surface area (Å²) in [6.07, 6.45) is 2.89. The van der Waals surface area contributed by atoms with Crippen LogP contribution in [0.15, 0.2) is 60.0 Å². The van der Waals surface area contributed by atoms with E-state index >= 15 is 0 Å². The highest BCUT2D eigenvalue weighted by molar-refractivity contribution is 7.12. The molecule has 2 aromatic carbocycles. The SMILES string of the molecule is COc1cc(CN2CCC(C(Cc3ccccc3)N(C)C(=O)c3cccs3)CC2)cc(OC)c1O. The Hall–Kier alpha value is -3.03. The molecule has 7 heteroatoms. The van der Waals surface area contributed by atoms with Crippen molar-refractivity contribution in [2.45, 2.75) is 31.8 Å². The van der Waals surface area contributed by atoms with Crippen molar-refractivity contribution in [2.75, 3.05) is 34.4 Å². The first kappa shape index (κ1) is 25.1. The van der Waals surface area contributed by atoms with E-state index in [0.29, 0.717) is 17.4 Å². The van der Waals surface area contributed by atoms with Crippen LogP contribution in [0.5, 0.6) is 17.2 Å². The maximum atomic E-state index is 13.2. The van der Waals surface area contributed by atoms with Crippen LogP contribution in [-0.4, -0.2) is 61.2 Å². The van der Waals surface area contributed by atoms with Gasteiger partial charge >= 0.3 is 0 Å². The van der Waals surface area contributed by atoms with Gasteiger partial charge in [0.2, 0.25) is 5.75 Å². The van der Waals surface area contributed by atoms with Gasteiger partial charge in [-0.3, -0.25) is 9.69 Å². The lowest BCUT2D eigenvalue weighted by atomic mass is 9.84. The lowest BCUT2D eigenvalue weighted by Gasteiger charge is -2.40. The summed E-state index contributed by atoms with van der Waals surface area (Å²) >= 11 is 1.50. The summed E-state index contributed by atoms with van der Waals surface area (Å²) < 4.78 is 10.6. The Kier molecular flexibility index (Phi) is 8.31. The number of carbonyl (C=O) groups is 1. The zero-order chi connectivity index (χ0) is 24.8. The number of likely N-dealkylation sites (N-methyl/N-ethyl adjacent to an activating group) is 1. The molecule has 1 aliphatic rings. The normalized spacial score (nSPS) is 15.5. The maximum Gasteiger partial charge on any atom is 0.263 e. The van der Waals surface area contributed by atoms with Crippen LogP contribution in [0, 0.1) is 5.92 Å². The van der Waals surface area contributed by atoms with Crippen molar-refractivity contribution in [1.82, 2.24) is 9.80 Å². The Morgan fingerprint density at radius 2 is 1.71 bits per heavy atom. The van der Waals surface area contributed by atoms with Gasteiger partial charge in [0.15, 0.2) is 11.5 Å². The highest BCUT2D eigenvalue weighted by atomic mass is 32.1. The second kappa shape index (κ2) is 11.6. The van der Waals surface area contributed by atoms with Crippen molar-refractivity contribution in [3.63, 3.8) is 0 Å². The number of rotatable bonds is 9. The third-order valence-electron chi connectivity index (χ3n) is 6.96. The molecule has 4 rings (SSSR count). The van der Waals surface area contributed by atoms with Gasteiger partial charge in [-0.1, -0.05) is 36.4 Å². The molecule has 1 unspecified atom stereocenters. The number of hydrogen-bond donors (Lipinski definition) is 1. The minimum atomic E-state index is 0.0275. The summed E-state index contributed by atoms with van der Waals surface area (Å²) in [7, 11) is 5.05. The molecule has 2 heterocycles. The summed E-state index contributed by atoms with van der Waals surface area (Å²) in [4.78, 5) is 18.4. The number of likely N-dealkylation sites (tertiary alicyclic amines) is 1. The molecular weight excluding hydrogens is 460 g/mol. The number of ether oxygens (including phenoxy) is 2. The van der Waals surface area contributed by atoms with Gasteiger partial charge in [0.1, 0.15) is 0 Å². The van der Waals surface area contributed by atoms with E-state index in [1.165, 1.54) is 16.9 Å². The van der Waals surface area contributed by atoms with Gasteiger partial charge in [-0.2, -0.15) is 0 Å². The highest BCUT2D eigenvalue weighted by Gasteiger charge is 2.32. The standard InChI is InChI=1S/C28H34N2O4S/c1-29(28(32)26-10-7-15-35-26)23(16-20-8-5-4-6-9-20)22-11-13-30(14-12-22)19-21-17-24(33-2)27(31)25(18-21)34-3/h4-10,15,17-18,22-23,31H,11-14,16,19H2,1-3H3. The average Bonchev–Trinajstić information content (AvgIpc) is 3.43. The molecule has 35 heavy (non-hydrogen) atoms. The van der Waals surface area contributed by atoms with E-state index in [-0.39, 0.29) is 17.7 Å².